The lowest BCUT2D eigenvalue weighted by Gasteiger charge is -2.23. The summed E-state index contributed by atoms with van der Waals surface area (Å²) in [5.41, 5.74) is 0.474. The minimum Gasteiger partial charge on any atom is -0.497 e. The van der Waals surface area contributed by atoms with Crippen LogP contribution in [0, 0.1) is 0 Å². The highest BCUT2D eigenvalue weighted by Gasteiger charge is 2.35. The van der Waals surface area contributed by atoms with Crippen molar-refractivity contribution < 1.29 is 28.3 Å². The zero-order chi connectivity index (χ0) is 19.9. The molecule has 0 radical (unpaired) electrons. The van der Waals surface area contributed by atoms with Gasteiger partial charge in [0.2, 0.25) is 0 Å². The summed E-state index contributed by atoms with van der Waals surface area (Å²) >= 11 is 0. The Morgan fingerprint density at radius 1 is 1.25 bits per heavy atom. The van der Waals surface area contributed by atoms with Crippen molar-refractivity contribution in [1.82, 2.24) is 15.0 Å². The average Bonchev–Trinajstić information content (AvgIpc) is 3.39. The van der Waals surface area contributed by atoms with Crippen molar-refractivity contribution in [2.75, 3.05) is 41.1 Å². The number of hydrogen-bond acceptors (Lipinski definition) is 8. The van der Waals surface area contributed by atoms with Crippen molar-refractivity contribution >= 4 is 5.91 Å². The molecule has 3 rings (SSSR count). The van der Waals surface area contributed by atoms with E-state index in [0.29, 0.717) is 48.5 Å². The molecule has 9 heteroatoms. The Morgan fingerprint density at radius 3 is 2.86 bits per heavy atom. The Balaban J connectivity index is 1.72. The van der Waals surface area contributed by atoms with E-state index >= 15 is 0 Å². The van der Waals surface area contributed by atoms with Crippen LogP contribution in [0.1, 0.15) is 41.0 Å². The molecule has 0 spiro atoms. The van der Waals surface area contributed by atoms with Crippen LogP contribution >= 0.6 is 0 Å². The fourth-order valence-electron chi connectivity index (χ4n) is 3.17. The standard InChI is InChI=1S/C19H25N3O6/c1-24-9-10-27-12-17-20-18(21-28-17)15-5-4-8-22(15)19(23)14-7-6-13(25-2)11-16(14)26-3/h6-7,11,15H,4-5,8-10,12H2,1-3H3. The molecule has 0 N–H and O–H groups in total. The quantitative estimate of drug-likeness (QED) is 0.601. The van der Waals surface area contributed by atoms with Crippen molar-refractivity contribution in [2.45, 2.75) is 25.5 Å². The van der Waals surface area contributed by atoms with Gasteiger partial charge in [0.15, 0.2) is 5.82 Å². The summed E-state index contributed by atoms with van der Waals surface area (Å²) in [7, 11) is 4.71. The molecule has 9 nitrogen and oxygen atoms in total. The van der Waals surface area contributed by atoms with Gasteiger partial charge in [0.05, 0.1) is 39.0 Å². The van der Waals surface area contributed by atoms with Gasteiger partial charge in [-0.2, -0.15) is 4.98 Å². The second-order valence-electron chi connectivity index (χ2n) is 6.31. The highest BCUT2D eigenvalue weighted by Crippen LogP contribution is 2.34. The van der Waals surface area contributed by atoms with Crippen molar-refractivity contribution in [3.05, 3.63) is 35.5 Å². The number of carbonyl (C=O) groups is 1. The van der Waals surface area contributed by atoms with E-state index in [9.17, 15) is 4.79 Å². The molecule has 1 fully saturated rings. The lowest BCUT2D eigenvalue weighted by atomic mass is 10.1. The molecule has 1 amide bonds. The SMILES string of the molecule is COCCOCc1nc(C2CCCN2C(=O)c2ccc(OC)cc2OC)no1. The minimum atomic E-state index is -0.240. The lowest BCUT2D eigenvalue weighted by molar-refractivity contribution is 0.0494. The zero-order valence-electron chi connectivity index (χ0n) is 16.3. The predicted octanol–water partition coefficient (Wildman–Crippen LogP) is 2.23. The van der Waals surface area contributed by atoms with Crippen LogP contribution in [0.2, 0.25) is 0 Å². The van der Waals surface area contributed by atoms with Crippen LogP contribution in [0.5, 0.6) is 11.5 Å². The first-order valence-corrected chi connectivity index (χ1v) is 9.10. The van der Waals surface area contributed by atoms with Crippen molar-refractivity contribution in [2.24, 2.45) is 0 Å². The van der Waals surface area contributed by atoms with Crippen LogP contribution in [-0.2, 0) is 16.1 Å². The molecule has 152 valence electrons. The summed E-state index contributed by atoms with van der Waals surface area (Å²) in [6, 6.07) is 4.91. The van der Waals surface area contributed by atoms with Gasteiger partial charge >= 0.3 is 0 Å². The van der Waals surface area contributed by atoms with E-state index in [2.05, 4.69) is 10.1 Å². The van der Waals surface area contributed by atoms with Crippen LogP contribution in [-0.4, -0.2) is 62.0 Å². The summed E-state index contributed by atoms with van der Waals surface area (Å²) in [5.74, 6) is 1.83. The number of nitrogens with zero attached hydrogens (tertiary/aromatic N) is 3. The zero-order valence-corrected chi connectivity index (χ0v) is 16.3. The van der Waals surface area contributed by atoms with Crippen molar-refractivity contribution in [3.63, 3.8) is 0 Å². The molecule has 28 heavy (non-hydrogen) atoms. The highest BCUT2D eigenvalue weighted by atomic mass is 16.5. The molecule has 1 aliphatic heterocycles. The van der Waals surface area contributed by atoms with Crippen molar-refractivity contribution in [3.8, 4) is 11.5 Å². The second kappa shape index (κ2) is 9.52. The highest BCUT2D eigenvalue weighted by molar-refractivity contribution is 5.97. The molecule has 0 saturated carbocycles. The van der Waals surface area contributed by atoms with Crippen LogP contribution in [0.15, 0.2) is 22.7 Å². The number of likely N-dealkylation sites (tertiary alicyclic amines) is 1. The third kappa shape index (κ3) is 4.42. The van der Waals surface area contributed by atoms with Crippen LogP contribution in [0.25, 0.3) is 0 Å². The normalized spacial score (nSPS) is 16.4. The average molecular weight is 391 g/mol. The Kier molecular flexibility index (Phi) is 6.83. The van der Waals surface area contributed by atoms with E-state index < -0.39 is 0 Å². The number of benzene rings is 1. The number of amides is 1. The van der Waals surface area contributed by atoms with Gasteiger partial charge in [-0.3, -0.25) is 4.79 Å². The van der Waals surface area contributed by atoms with E-state index in [1.54, 1.807) is 37.3 Å². The predicted molar refractivity (Wildman–Crippen MR) is 98.4 cm³/mol. The molecule has 2 aromatic rings. The van der Waals surface area contributed by atoms with Crippen LogP contribution in [0.4, 0.5) is 0 Å². The topological polar surface area (TPSA) is 96.2 Å². The van der Waals surface area contributed by atoms with Gasteiger partial charge in [-0.05, 0) is 25.0 Å². The van der Waals surface area contributed by atoms with Crippen LogP contribution < -0.4 is 9.47 Å². The maximum Gasteiger partial charge on any atom is 0.258 e. The third-order valence-electron chi connectivity index (χ3n) is 4.59. The first kappa shape index (κ1) is 20.1. The van der Waals surface area contributed by atoms with Gasteiger partial charge in [0, 0.05) is 19.7 Å². The summed E-state index contributed by atoms with van der Waals surface area (Å²) < 4.78 is 26.2. The fourth-order valence-corrected chi connectivity index (χ4v) is 3.17. The monoisotopic (exact) mass is 391 g/mol. The van der Waals surface area contributed by atoms with Gasteiger partial charge in [-0.1, -0.05) is 5.16 Å². The Labute approximate surface area is 163 Å². The van der Waals surface area contributed by atoms with Gasteiger partial charge < -0.3 is 28.4 Å². The molecule has 1 atom stereocenters. The van der Waals surface area contributed by atoms with Gasteiger partial charge in [0.1, 0.15) is 18.1 Å². The van der Waals surface area contributed by atoms with E-state index in [1.807, 2.05) is 0 Å². The summed E-state index contributed by atoms with van der Waals surface area (Å²) in [5, 5.41) is 4.05. The number of ether oxygens (including phenoxy) is 4. The number of methoxy groups -OCH3 is 3. The number of hydrogen-bond donors (Lipinski definition) is 0. The van der Waals surface area contributed by atoms with Gasteiger partial charge in [-0.15, -0.1) is 0 Å². The molecule has 1 aromatic carbocycles. The largest absolute Gasteiger partial charge is 0.497 e. The number of carbonyl (C=O) groups excluding carboxylic acids is 1. The van der Waals surface area contributed by atoms with E-state index in [1.165, 1.54) is 7.11 Å². The summed E-state index contributed by atoms with van der Waals surface area (Å²) in [4.78, 5) is 19.3. The molecule has 2 heterocycles. The summed E-state index contributed by atoms with van der Waals surface area (Å²) in [6.07, 6.45) is 1.64. The number of aromatic nitrogens is 2. The van der Waals surface area contributed by atoms with Gasteiger partial charge in [0.25, 0.3) is 11.8 Å². The molecule has 1 aromatic heterocycles. The minimum absolute atomic E-state index is 0.135. The molecule has 1 aliphatic rings. The van der Waals surface area contributed by atoms with Crippen LogP contribution in [0.3, 0.4) is 0 Å². The Bertz CT molecular complexity index is 794. The van der Waals surface area contributed by atoms with E-state index in [0.717, 1.165) is 12.8 Å². The third-order valence-corrected chi connectivity index (χ3v) is 4.59. The first-order valence-electron chi connectivity index (χ1n) is 9.10. The van der Waals surface area contributed by atoms with Crippen molar-refractivity contribution in [1.29, 1.82) is 0 Å². The van der Waals surface area contributed by atoms with Gasteiger partial charge in [-0.25, -0.2) is 0 Å². The Morgan fingerprint density at radius 2 is 2.11 bits per heavy atom. The second-order valence-corrected chi connectivity index (χ2v) is 6.31. The molecule has 1 unspecified atom stereocenters. The molecular weight excluding hydrogens is 366 g/mol. The fraction of sp³-hybridized carbons (Fsp3) is 0.526. The molecular formula is C19H25N3O6. The Hall–Kier alpha value is -2.65. The molecule has 1 saturated heterocycles. The maximum atomic E-state index is 13.1. The van der Waals surface area contributed by atoms with E-state index in [-0.39, 0.29) is 18.6 Å². The number of rotatable bonds is 9. The maximum absolute atomic E-state index is 13.1. The first-order chi connectivity index (χ1) is 13.7. The van der Waals surface area contributed by atoms with E-state index in [4.69, 9.17) is 23.5 Å². The smallest absolute Gasteiger partial charge is 0.258 e. The molecule has 0 bridgehead atoms. The summed E-state index contributed by atoms with van der Waals surface area (Å²) in [6.45, 7) is 1.77. The molecule has 0 aliphatic carbocycles. The lowest BCUT2D eigenvalue weighted by Crippen LogP contribution is -2.31.